The van der Waals surface area contributed by atoms with Gasteiger partial charge in [-0.2, -0.15) is 5.10 Å². The zero-order valence-corrected chi connectivity index (χ0v) is 14.3. The lowest BCUT2D eigenvalue weighted by Crippen LogP contribution is -2.60. The number of aromatic amines is 1. The van der Waals surface area contributed by atoms with Crippen molar-refractivity contribution in [3.63, 3.8) is 0 Å². The van der Waals surface area contributed by atoms with Gasteiger partial charge < -0.3 is 10.2 Å². The molecule has 132 valence electrons. The quantitative estimate of drug-likeness (QED) is 0.831. The Morgan fingerprint density at radius 3 is 2.72 bits per heavy atom. The van der Waals surface area contributed by atoms with Crippen molar-refractivity contribution in [3.8, 4) is 0 Å². The molecule has 1 aliphatic rings. The molecule has 1 fully saturated rings. The first-order valence-corrected chi connectivity index (χ1v) is 8.47. The number of carbonyl (C=O) groups is 2. The average molecular weight is 341 g/mol. The predicted molar refractivity (Wildman–Crippen MR) is 94.1 cm³/mol. The first-order valence-electron chi connectivity index (χ1n) is 8.47. The molecule has 1 unspecified atom stereocenters. The molecule has 0 spiro atoms. The van der Waals surface area contributed by atoms with Crippen LogP contribution in [0, 0.1) is 0 Å². The number of hydrogen-bond acceptors (Lipinski definition) is 4. The van der Waals surface area contributed by atoms with E-state index in [9.17, 15) is 9.59 Å². The summed E-state index contributed by atoms with van der Waals surface area (Å²) in [4.78, 5) is 28.7. The van der Waals surface area contributed by atoms with Crippen LogP contribution in [0.4, 0.5) is 0 Å². The van der Waals surface area contributed by atoms with Crippen molar-refractivity contribution in [2.45, 2.75) is 12.5 Å². The molecular weight excluding hydrogens is 318 g/mol. The van der Waals surface area contributed by atoms with E-state index in [1.807, 2.05) is 18.2 Å². The molecule has 1 atom stereocenters. The number of amides is 2. The fourth-order valence-corrected chi connectivity index (χ4v) is 3.15. The number of H-pyrrole nitrogens is 1. The summed E-state index contributed by atoms with van der Waals surface area (Å²) >= 11 is 0. The first kappa shape index (κ1) is 17.2. The number of nitrogens with zero attached hydrogens (tertiary/aromatic N) is 3. The molecular formula is C18H23N5O2. The number of benzene rings is 1. The minimum Gasteiger partial charge on any atom is -0.358 e. The van der Waals surface area contributed by atoms with Crippen LogP contribution in [0.25, 0.3) is 0 Å². The molecule has 7 heteroatoms. The highest BCUT2D eigenvalue weighted by atomic mass is 16.2. The minimum absolute atomic E-state index is 0.0600. The molecule has 2 heterocycles. The lowest BCUT2D eigenvalue weighted by atomic mass is 10.1. The van der Waals surface area contributed by atoms with Crippen LogP contribution in [-0.4, -0.2) is 71.1 Å². The van der Waals surface area contributed by atoms with Gasteiger partial charge in [-0.25, -0.2) is 0 Å². The van der Waals surface area contributed by atoms with Crippen molar-refractivity contribution in [2.24, 2.45) is 0 Å². The summed E-state index contributed by atoms with van der Waals surface area (Å²) in [6.07, 6.45) is 2.43. The number of carbonyl (C=O) groups excluding carboxylic acids is 2. The van der Waals surface area contributed by atoms with E-state index in [-0.39, 0.29) is 17.9 Å². The van der Waals surface area contributed by atoms with Crippen molar-refractivity contribution >= 4 is 11.8 Å². The molecule has 1 saturated heterocycles. The van der Waals surface area contributed by atoms with E-state index in [1.54, 1.807) is 24.2 Å². The zero-order chi connectivity index (χ0) is 17.6. The van der Waals surface area contributed by atoms with Gasteiger partial charge in [-0.05, 0) is 18.1 Å². The normalized spacial score (nSPS) is 18.1. The molecule has 2 amide bonds. The second kappa shape index (κ2) is 7.94. The van der Waals surface area contributed by atoms with Crippen molar-refractivity contribution in [3.05, 3.63) is 53.9 Å². The molecule has 1 aromatic carbocycles. The van der Waals surface area contributed by atoms with Crippen LogP contribution in [0.5, 0.6) is 0 Å². The summed E-state index contributed by atoms with van der Waals surface area (Å²) in [5, 5.41) is 9.24. The number of nitrogens with one attached hydrogen (secondary N) is 2. The Balaban J connectivity index is 1.66. The molecule has 25 heavy (non-hydrogen) atoms. The molecule has 1 aromatic heterocycles. The van der Waals surface area contributed by atoms with Gasteiger partial charge >= 0.3 is 0 Å². The van der Waals surface area contributed by atoms with Crippen LogP contribution >= 0.6 is 0 Å². The second-order valence-corrected chi connectivity index (χ2v) is 6.12. The third kappa shape index (κ3) is 4.06. The minimum atomic E-state index is -0.339. The fraction of sp³-hybridized carbons (Fsp3) is 0.389. The van der Waals surface area contributed by atoms with Crippen molar-refractivity contribution in [1.82, 2.24) is 25.3 Å². The molecule has 1 aliphatic heterocycles. The number of aromatic nitrogens is 2. The summed E-state index contributed by atoms with van der Waals surface area (Å²) in [6.45, 7) is 2.44. The monoisotopic (exact) mass is 341 g/mol. The Morgan fingerprint density at radius 2 is 2.04 bits per heavy atom. The van der Waals surface area contributed by atoms with Crippen LogP contribution in [0.15, 0.2) is 42.6 Å². The van der Waals surface area contributed by atoms with E-state index >= 15 is 0 Å². The Kier molecular flexibility index (Phi) is 5.45. The van der Waals surface area contributed by atoms with Gasteiger partial charge in [0.05, 0.1) is 0 Å². The van der Waals surface area contributed by atoms with E-state index in [2.05, 4.69) is 32.5 Å². The summed E-state index contributed by atoms with van der Waals surface area (Å²) < 4.78 is 0. The predicted octanol–water partition coefficient (Wildman–Crippen LogP) is 0.525. The molecule has 3 rings (SSSR count). The highest BCUT2D eigenvalue weighted by molar-refractivity contribution is 5.93. The highest BCUT2D eigenvalue weighted by Crippen LogP contribution is 2.14. The van der Waals surface area contributed by atoms with Crippen LogP contribution < -0.4 is 5.32 Å². The van der Waals surface area contributed by atoms with Crippen LogP contribution in [0.1, 0.15) is 16.1 Å². The lowest BCUT2D eigenvalue weighted by molar-refractivity contribution is -0.127. The Bertz CT molecular complexity index is 702. The van der Waals surface area contributed by atoms with Gasteiger partial charge in [0.15, 0.2) is 0 Å². The Labute approximate surface area is 147 Å². The van der Waals surface area contributed by atoms with E-state index in [0.29, 0.717) is 25.3 Å². The first-order chi connectivity index (χ1) is 12.2. The SMILES string of the molecule is CNC(=O)C1CN(C(=O)c2ccn[nH]2)CCN1CCc1ccccc1. The van der Waals surface area contributed by atoms with Crippen LogP contribution in [0.2, 0.25) is 0 Å². The summed E-state index contributed by atoms with van der Waals surface area (Å²) in [7, 11) is 1.63. The van der Waals surface area contributed by atoms with Crippen molar-refractivity contribution < 1.29 is 9.59 Å². The van der Waals surface area contributed by atoms with Gasteiger partial charge in [-0.15, -0.1) is 0 Å². The standard InChI is InChI=1S/C18H23N5O2/c1-19-17(24)16-13-23(18(25)15-7-9-20-21-15)12-11-22(16)10-8-14-5-3-2-4-6-14/h2-7,9,16H,8,10-13H2,1H3,(H,19,24)(H,20,21). The molecule has 2 N–H and O–H groups in total. The third-order valence-electron chi connectivity index (χ3n) is 4.59. The van der Waals surface area contributed by atoms with E-state index in [4.69, 9.17) is 0 Å². The number of piperazine rings is 1. The second-order valence-electron chi connectivity index (χ2n) is 6.12. The van der Waals surface area contributed by atoms with Gasteiger partial charge in [-0.3, -0.25) is 19.6 Å². The summed E-state index contributed by atoms with van der Waals surface area (Å²) in [5.41, 5.74) is 1.70. The molecule has 0 radical (unpaired) electrons. The van der Waals surface area contributed by atoms with Crippen molar-refractivity contribution in [2.75, 3.05) is 33.2 Å². The zero-order valence-electron chi connectivity index (χ0n) is 14.3. The Hall–Kier alpha value is -2.67. The maximum Gasteiger partial charge on any atom is 0.271 e. The summed E-state index contributed by atoms with van der Waals surface area (Å²) in [5.74, 6) is -0.177. The molecule has 0 aliphatic carbocycles. The average Bonchev–Trinajstić information content (AvgIpc) is 3.20. The highest BCUT2D eigenvalue weighted by Gasteiger charge is 2.34. The van der Waals surface area contributed by atoms with E-state index in [0.717, 1.165) is 13.0 Å². The largest absolute Gasteiger partial charge is 0.358 e. The van der Waals surface area contributed by atoms with Crippen LogP contribution in [0.3, 0.4) is 0 Å². The van der Waals surface area contributed by atoms with Gasteiger partial charge in [-0.1, -0.05) is 30.3 Å². The van der Waals surface area contributed by atoms with Crippen molar-refractivity contribution in [1.29, 1.82) is 0 Å². The summed E-state index contributed by atoms with van der Waals surface area (Å²) in [6, 6.07) is 11.5. The van der Waals surface area contributed by atoms with Gasteiger partial charge in [0, 0.05) is 39.4 Å². The third-order valence-corrected chi connectivity index (χ3v) is 4.59. The van der Waals surface area contributed by atoms with Crippen LogP contribution in [-0.2, 0) is 11.2 Å². The maximum atomic E-state index is 12.5. The molecule has 2 aromatic rings. The lowest BCUT2D eigenvalue weighted by Gasteiger charge is -2.40. The Morgan fingerprint density at radius 1 is 1.24 bits per heavy atom. The number of rotatable bonds is 5. The van der Waals surface area contributed by atoms with Gasteiger partial charge in [0.25, 0.3) is 5.91 Å². The molecule has 0 saturated carbocycles. The molecule has 0 bridgehead atoms. The van der Waals surface area contributed by atoms with Gasteiger partial charge in [0.2, 0.25) is 5.91 Å². The fourth-order valence-electron chi connectivity index (χ4n) is 3.15. The number of hydrogen-bond donors (Lipinski definition) is 2. The molecule has 7 nitrogen and oxygen atoms in total. The van der Waals surface area contributed by atoms with E-state index < -0.39 is 0 Å². The van der Waals surface area contributed by atoms with Gasteiger partial charge in [0.1, 0.15) is 11.7 Å². The van der Waals surface area contributed by atoms with E-state index in [1.165, 1.54) is 5.56 Å². The topological polar surface area (TPSA) is 81.3 Å². The smallest absolute Gasteiger partial charge is 0.271 e. The number of likely N-dealkylation sites (N-methyl/N-ethyl adjacent to an activating group) is 1. The maximum absolute atomic E-state index is 12.5.